The molecule has 0 saturated heterocycles. The lowest BCUT2D eigenvalue weighted by atomic mass is 10.1. The zero-order valence-electron chi connectivity index (χ0n) is 12.0. The van der Waals surface area contributed by atoms with Gasteiger partial charge in [0.25, 0.3) is 0 Å². The monoisotopic (exact) mass is 375 g/mol. The van der Waals surface area contributed by atoms with Gasteiger partial charge in [0.15, 0.2) is 5.70 Å². The highest BCUT2D eigenvalue weighted by molar-refractivity contribution is 9.10. The second kappa shape index (κ2) is 6.34. The standard InChI is InChI=1S/C17H11BrFNO3/c1-22-15-7-4-12(18)8-11(15)9-14-17(21)23-16(20-14)10-2-5-13(19)6-3-10/h2-9H,1H3/b14-9-. The Morgan fingerprint density at radius 3 is 2.65 bits per heavy atom. The van der Waals surface area contributed by atoms with Crippen LogP contribution >= 0.6 is 15.9 Å². The molecule has 4 nitrogen and oxygen atoms in total. The van der Waals surface area contributed by atoms with Crippen molar-refractivity contribution in [3.63, 3.8) is 0 Å². The number of ether oxygens (including phenoxy) is 2. The van der Waals surface area contributed by atoms with Crippen molar-refractivity contribution >= 4 is 33.9 Å². The fourth-order valence-corrected chi connectivity index (χ4v) is 2.47. The van der Waals surface area contributed by atoms with Gasteiger partial charge in [-0.15, -0.1) is 0 Å². The number of carbonyl (C=O) groups excluding carboxylic acids is 1. The molecule has 2 aromatic carbocycles. The van der Waals surface area contributed by atoms with Gasteiger partial charge in [-0.3, -0.25) is 0 Å². The second-order valence-corrected chi connectivity index (χ2v) is 5.64. The van der Waals surface area contributed by atoms with Crippen molar-refractivity contribution in [1.82, 2.24) is 0 Å². The molecular formula is C17H11BrFNO3. The van der Waals surface area contributed by atoms with Gasteiger partial charge in [-0.25, -0.2) is 14.2 Å². The molecule has 3 rings (SSSR count). The number of rotatable bonds is 3. The van der Waals surface area contributed by atoms with Gasteiger partial charge in [0.05, 0.1) is 7.11 Å². The van der Waals surface area contributed by atoms with Crippen LogP contribution < -0.4 is 4.74 Å². The number of carbonyl (C=O) groups is 1. The molecule has 1 aliphatic rings. The molecule has 1 heterocycles. The SMILES string of the molecule is COc1ccc(Br)cc1/C=C1\N=C(c2ccc(F)cc2)OC1=O. The Morgan fingerprint density at radius 1 is 1.22 bits per heavy atom. The summed E-state index contributed by atoms with van der Waals surface area (Å²) in [4.78, 5) is 16.2. The Bertz CT molecular complexity index is 828. The molecule has 2 aromatic rings. The number of hydrogen-bond acceptors (Lipinski definition) is 4. The van der Waals surface area contributed by atoms with Crippen LogP contribution in [-0.4, -0.2) is 19.0 Å². The molecule has 0 fully saturated rings. The summed E-state index contributed by atoms with van der Waals surface area (Å²) in [6, 6.07) is 11.0. The second-order valence-electron chi connectivity index (χ2n) is 4.73. The highest BCUT2D eigenvalue weighted by Gasteiger charge is 2.24. The quantitative estimate of drug-likeness (QED) is 0.602. The minimum absolute atomic E-state index is 0.148. The van der Waals surface area contributed by atoms with E-state index in [2.05, 4.69) is 20.9 Å². The molecule has 0 unspecified atom stereocenters. The van der Waals surface area contributed by atoms with Crippen LogP contribution in [-0.2, 0) is 9.53 Å². The first-order chi connectivity index (χ1) is 11.1. The molecule has 0 atom stereocenters. The summed E-state index contributed by atoms with van der Waals surface area (Å²) in [5.41, 5.74) is 1.38. The van der Waals surface area contributed by atoms with Gasteiger partial charge in [0.1, 0.15) is 11.6 Å². The number of methoxy groups -OCH3 is 1. The zero-order chi connectivity index (χ0) is 16.4. The van der Waals surface area contributed by atoms with Crippen molar-refractivity contribution in [1.29, 1.82) is 0 Å². The Kier molecular flexibility index (Phi) is 4.25. The molecule has 0 N–H and O–H groups in total. The number of halogens is 2. The molecule has 1 aliphatic heterocycles. The molecule has 116 valence electrons. The predicted octanol–water partition coefficient (Wildman–Crippen LogP) is 3.94. The van der Waals surface area contributed by atoms with Crippen LogP contribution in [0.2, 0.25) is 0 Å². The average Bonchev–Trinajstić information content (AvgIpc) is 2.89. The largest absolute Gasteiger partial charge is 0.496 e. The van der Waals surface area contributed by atoms with Crippen molar-refractivity contribution in [2.75, 3.05) is 7.11 Å². The number of hydrogen-bond donors (Lipinski definition) is 0. The van der Waals surface area contributed by atoms with Gasteiger partial charge in [-0.1, -0.05) is 15.9 Å². The summed E-state index contributed by atoms with van der Waals surface area (Å²) in [5, 5.41) is 0. The first-order valence-corrected chi connectivity index (χ1v) is 7.48. The summed E-state index contributed by atoms with van der Waals surface area (Å²) in [6.07, 6.45) is 1.59. The van der Waals surface area contributed by atoms with Crippen LogP contribution in [0.5, 0.6) is 5.75 Å². The highest BCUT2D eigenvalue weighted by atomic mass is 79.9. The third-order valence-electron chi connectivity index (χ3n) is 3.20. The summed E-state index contributed by atoms with van der Waals surface area (Å²) in [6.45, 7) is 0. The van der Waals surface area contributed by atoms with E-state index in [1.807, 2.05) is 12.1 Å². The van der Waals surface area contributed by atoms with Crippen molar-refractivity contribution in [2.45, 2.75) is 0 Å². The number of cyclic esters (lactones) is 1. The van der Waals surface area contributed by atoms with Crippen LogP contribution in [0, 0.1) is 5.82 Å². The number of nitrogens with zero attached hydrogens (tertiary/aromatic N) is 1. The Morgan fingerprint density at radius 2 is 1.96 bits per heavy atom. The Hall–Kier alpha value is -2.47. The van der Waals surface area contributed by atoms with E-state index < -0.39 is 5.97 Å². The van der Waals surface area contributed by atoms with E-state index in [-0.39, 0.29) is 17.4 Å². The maximum absolute atomic E-state index is 13.0. The van der Waals surface area contributed by atoms with Crippen LogP contribution in [0.3, 0.4) is 0 Å². The molecule has 0 spiro atoms. The third-order valence-corrected chi connectivity index (χ3v) is 3.69. The summed E-state index contributed by atoms with van der Waals surface area (Å²) in [5.74, 6) is -0.172. The minimum atomic E-state index is -0.564. The number of esters is 1. The van der Waals surface area contributed by atoms with E-state index in [1.165, 1.54) is 24.3 Å². The van der Waals surface area contributed by atoms with Crippen LogP contribution in [0.25, 0.3) is 6.08 Å². The highest BCUT2D eigenvalue weighted by Crippen LogP contribution is 2.27. The van der Waals surface area contributed by atoms with E-state index in [0.717, 1.165) is 4.47 Å². The Balaban J connectivity index is 1.98. The lowest BCUT2D eigenvalue weighted by molar-refractivity contribution is -0.129. The molecule has 0 radical (unpaired) electrons. The molecule has 0 saturated carbocycles. The van der Waals surface area contributed by atoms with E-state index in [0.29, 0.717) is 16.9 Å². The van der Waals surface area contributed by atoms with Gasteiger partial charge in [-0.05, 0) is 48.5 Å². The molecule has 0 aromatic heterocycles. The van der Waals surface area contributed by atoms with Crippen molar-refractivity contribution in [3.05, 3.63) is 69.6 Å². The molecular weight excluding hydrogens is 365 g/mol. The normalized spacial score (nSPS) is 15.5. The van der Waals surface area contributed by atoms with Gasteiger partial charge < -0.3 is 9.47 Å². The molecule has 6 heteroatoms. The van der Waals surface area contributed by atoms with Crippen LogP contribution in [0.1, 0.15) is 11.1 Å². The first kappa shape index (κ1) is 15.4. The average molecular weight is 376 g/mol. The van der Waals surface area contributed by atoms with E-state index in [1.54, 1.807) is 19.3 Å². The Labute approximate surface area is 140 Å². The first-order valence-electron chi connectivity index (χ1n) is 6.69. The number of aliphatic imine (C=N–C) groups is 1. The van der Waals surface area contributed by atoms with E-state index in [9.17, 15) is 9.18 Å². The van der Waals surface area contributed by atoms with E-state index >= 15 is 0 Å². The summed E-state index contributed by atoms with van der Waals surface area (Å²) < 4.78 is 24.2. The van der Waals surface area contributed by atoms with Crippen molar-refractivity contribution < 1.29 is 18.7 Å². The number of benzene rings is 2. The van der Waals surface area contributed by atoms with E-state index in [4.69, 9.17) is 9.47 Å². The maximum Gasteiger partial charge on any atom is 0.363 e. The molecule has 23 heavy (non-hydrogen) atoms. The smallest absolute Gasteiger partial charge is 0.363 e. The minimum Gasteiger partial charge on any atom is -0.496 e. The molecule has 0 aliphatic carbocycles. The van der Waals surface area contributed by atoms with Crippen molar-refractivity contribution in [2.24, 2.45) is 4.99 Å². The predicted molar refractivity (Wildman–Crippen MR) is 87.7 cm³/mol. The van der Waals surface area contributed by atoms with Gasteiger partial charge in [0, 0.05) is 15.6 Å². The fourth-order valence-electron chi connectivity index (χ4n) is 2.09. The lowest BCUT2D eigenvalue weighted by Crippen LogP contribution is -2.05. The van der Waals surface area contributed by atoms with Crippen LogP contribution in [0.4, 0.5) is 4.39 Å². The summed E-state index contributed by atoms with van der Waals surface area (Å²) >= 11 is 3.37. The van der Waals surface area contributed by atoms with Gasteiger partial charge >= 0.3 is 5.97 Å². The van der Waals surface area contributed by atoms with Crippen LogP contribution in [0.15, 0.2) is 57.6 Å². The molecule has 0 amide bonds. The summed E-state index contributed by atoms with van der Waals surface area (Å²) in [7, 11) is 1.55. The fraction of sp³-hybridized carbons (Fsp3) is 0.0588. The van der Waals surface area contributed by atoms with Gasteiger partial charge in [-0.2, -0.15) is 0 Å². The topological polar surface area (TPSA) is 47.9 Å². The van der Waals surface area contributed by atoms with Crippen molar-refractivity contribution in [3.8, 4) is 5.75 Å². The zero-order valence-corrected chi connectivity index (χ0v) is 13.6. The maximum atomic E-state index is 13.0. The van der Waals surface area contributed by atoms with Gasteiger partial charge in [0.2, 0.25) is 5.90 Å². The molecule has 0 bridgehead atoms. The lowest BCUT2D eigenvalue weighted by Gasteiger charge is -2.04. The third kappa shape index (κ3) is 3.32.